The molecule has 0 spiro atoms. The Bertz CT molecular complexity index is 207. The van der Waals surface area contributed by atoms with Gasteiger partial charge in [-0.05, 0) is 13.8 Å². The third kappa shape index (κ3) is 1.27. The third-order valence-electron chi connectivity index (χ3n) is 1.13. The summed E-state index contributed by atoms with van der Waals surface area (Å²) in [6.07, 6.45) is 0. The van der Waals surface area contributed by atoms with E-state index in [-0.39, 0.29) is 0 Å². The van der Waals surface area contributed by atoms with E-state index in [2.05, 4.69) is 4.98 Å². The van der Waals surface area contributed by atoms with E-state index in [4.69, 9.17) is 0 Å². The summed E-state index contributed by atoms with van der Waals surface area (Å²) in [5, 5.41) is 0.945. The van der Waals surface area contributed by atoms with Gasteiger partial charge in [-0.1, -0.05) is 0 Å². The van der Waals surface area contributed by atoms with Crippen LogP contribution in [0, 0.1) is 13.8 Å². The predicted octanol–water partition coefficient (Wildman–Crippen LogP) is 2.23. The molecule has 1 aromatic rings. The van der Waals surface area contributed by atoms with Crippen LogP contribution in [0.25, 0.3) is 0 Å². The first-order valence-corrected chi connectivity index (χ1v) is 3.54. The zero-order valence-corrected chi connectivity index (χ0v) is 6.26. The number of thiazole rings is 1. The van der Waals surface area contributed by atoms with Gasteiger partial charge in [0, 0.05) is 4.88 Å². The molecule has 0 radical (unpaired) electrons. The molecular weight excluding hydrogens is 137 g/mol. The van der Waals surface area contributed by atoms with Crippen molar-refractivity contribution in [1.29, 1.82) is 0 Å². The fourth-order valence-electron chi connectivity index (χ4n) is 0.696. The summed E-state index contributed by atoms with van der Waals surface area (Å²) < 4.78 is 11.9. The minimum Gasteiger partial charge on any atom is -0.244 e. The van der Waals surface area contributed by atoms with E-state index in [1.165, 1.54) is 0 Å². The Labute approximate surface area is 57.6 Å². The summed E-state index contributed by atoms with van der Waals surface area (Å²) in [6.45, 7) is 3.34. The molecule has 0 saturated carbocycles. The van der Waals surface area contributed by atoms with Crippen molar-refractivity contribution in [2.45, 2.75) is 20.5 Å². The number of hydrogen-bond acceptors (Lipinski definition) is 2. The van der Waals surface area contributed by atoms with E-state index < -0.39 is 6.67 Å². The van der Waals surface area contributed by atoms with Crippen molar-refractivity contribution in [3.8, 4) is 0 Å². The predicted molar refractivity (Wildman–Crippen MR) is 36.4 cm³/mol. The Morgan fingerprint density at radius 3 is 2.44 bits per heavy atom. The van der Waals surface area contributed by atoms with Crippen molar-refractivity contribution >= 4 is 11.3 Å². The maximum Gasteiger partial charge on any atom is 0.133 e. The van der Waals surface area contributed by atoms with Crippen LogP contribution in [0.2, 0.25) is 0 Å². The van der Waals surface area contributed by atoms with E-state index in [1.54, 1.807) is 11.3 Å². The van der Waals surface area contributed by atoms with E-state index in [0.29, 0.717) is 5.69 Å². The van der Waals surface area contributed by atoms with Crippen molar-refractivity contribution < 1.29 is 4.39 Å². The second kappa shape index (κ2) is 2.43. The standard InChI is InChI=1S/C6H8FNS/c1-4-6(3-7)8-5(2)9-4/h3H2,1-2H3. The smallest absolute Gasteiger partial charge is 0.133 e. The van der Waals surface area contributed by atoms with Crippen molar-refractivity contribution in [3.63, 3.8) is 0 Å². The molecule has 3 heteroatoms. The van der Waals surface area contributed by atoms with E-state index in [1.807, 2.05) is 13.8 Å². The fourth-order valence-corrected chi connectivity index (χ4v) is 1.51. The summed E-state index contributed by atoms with van der Waals surface area (Å²) >= 11 is 1.54. The summed E-state index contributed by atoms with van der Waals surface area (Å²) in [5.74, 6) is 0. The van der Waals surface area contributed by atoms with Gasteiger partial charge < -0.3 is 0 Å². The van der Waals surface area contributed by atoms with Crippen LogP contribution in [-0.4, -0.2) is 4.98 Å². The van der Waals surface area contributed by atoms with Crippen LogP contribution in [0.3, 0.4) is 0 Å². The second-order valence-corrected chi connectivity index (χ2v) is 3.28. The Balaban J connectivity index is 3.01. The van der Waals surface area contributed by atoms with E-state index >= 15 is 0 Å². The minimum absolute atomic E-state index is 0.434. The minimum atomic E-state index is -0.434. The first kappa shape index (κ1) is 6.68. The monoisotopic (exact) mass is 145 g/mol. The van der Waals surface area contributed by atoms with Gasteiger partial charge in [0.2, 0.25) is 0 Å². The lowest BCUT2D eigenvalue weighted by Crippen LogP contribution is -1.79. The molecule has 0 saturated heterocycles. The maximum absolute atomic E-state index is 11.9. The molecule has 0 atom stereocenters. The topological polar surface area (TPSA) is 12.9 Å². The van der Waals surface area contributed by atoms with Gasteiger partial charge in [0.15, 0.2) is 0 Å². The molecule has 1 heterocycles. The van der Waals surface area contributed by atoms with Gasteiger partial charge in [0.1, 0.15) is 6.67 Å². The van der Waals surface area contributed by atoms with Crippen LogP contribution in [-0.2, 0) is 6.67 Å². The number of hydrogen-bond donors (Lipinski definition) is 0. The summed E-state index contributed by atoms with van der Waals surface area (Å²) in [6, 6.07) is 0. The lowest BCUT2D eigenvalue weighted by Gasteiger charge is -1.83. The highest BCUT2D eigenvalue weighted by atomic mass is 32.1. The number of aromatic nitrogens is 1. The molecule has 0 bridgehead atoms. The van der Waals surface area contributed by atoms with Gasteiger partial charge in [-0.15, -0.1) is 11.3 Å². The van der Waals surface area contributed by atoms with E-state index in [0.717, 1.165) is 9.88 Å². The van der Waals surface area contributed by atoms with Gasteiger partial charge in [-0.25, -0.2) is 9.37 Å². The molecule has 1 aromatic heterocycles. The van der Waals surface area contributed by atoms with Gasteiger partial charge >= 0.3 is 0 Å². The number of aryl methyl sites for hydroxylation is 2. The molecular formula is C6H8FNS. The number of alkyl halides is 1. The molecule has 0 aliphatic rings. The highest BCUT2D eigenvalue weighted by molar-refractivity contribution is 7.11. The molecule has 1 rings (SSSR count). The second-order valence-electron chi connectivity index (χ2n) is 1.87. The normalized spacial score (nSPS) is 10.1. The number of halogens is 1. The SMILES string of the molecule is Cc1nc(CF)c(C)s1. The van der Waals surface area contributed by atoms with Crippen molar-refractivity contribution in [2.24, 2.45) is 0 Å². The van der Waals surface area contributed by atoms with Crippen LogP contribution in [0.4, 0.5) is 4.39 Å². The Kier molecular flexibility index (Phi) is 1.81. The first-order valence-electron chi connectivity index (χ1n) is 2.73. The summed E-state index contributed by atoms with van der Waals surface area (Å²) in [4.78, 5) is 4.97. The molecule has 0 aliphatic heterocycles. The van der Waals surface area contributed by atoms with Crippen molar-refractivity contribution in [2.75, 3.05) is 0 Å². The molecule has 9 heavy (non-hydrogen) atoms. The molecule has 0 amide bonds. The highest BCUT2D eigenvalue weighted by Gasteiger charge is 2.01. The molecule has 50 valence electrons. The third-order valence-corrected chi connectivity index (χ3v) is 2.05. The quantitative estimate of drug-likeness (QED) is 0.590. The van der Waals surface area contributed by atoms with Crippen LogP contribution in [0.1, 0.15) is 15.6 Å². The van der Waals surface area contributed by atoms with Crippen molar-refractivity contribution in [3.05, 3.63) is 15.6 Å². The molecule has 0 unspecified atom stereocenters. The number of nitrogens with zero attached hydrogens (tertiary/aromatic N) is 1. The largest absolute Gasteiger partial charge is 0.244 e. The Morgan fingerprint density at radius 1 is 1.56 bits per heavy atom. The Morgan fingerprint density at radius 2 is 2.22 bits per heavy atom. The van der Waals surface area contributed by atoms with Crippen LogP contribution in [0.15, 0.2) is 0 Å². The summed E-state index contributed by atoms with van der Waals surface area (Å²) in [7, 11) is 0. The van der Waals surface area contributed by atoms with Crippen LogP contribution in [0.5, 0.6) is 0 Å². The molecule has 0 N–H and O–H groups in total. The van der Waals surface area contributed by atoms with Crippen LogP contribution < -0.4 is 0 Å². The fraction of sp³-hybridized carbons (Fsp3) is 0.500. The average molecular weight is 145 g/mol. The zero-order valence-electron chi connectivity index (χ0n) is 5.44. The number of rotatable bonds is 1. The van der Waals surface area contributed by atoms with Gasteiger partial charge in [-0.3, -0.25) is 0 Å². The average Bonchev–Trinajstić information content (AvgIpc) is 2.10. The molecule has 0 fully saturated rings. The van der Waals surface area contributed by atoms with Crippen molar-refractivity contribution in [1.82, 2.24) is 4.98 Å². The molecule has 0 aromatic carbocycles. The molecule has 0 aliphatic carbocycles. The van der Waals surface area contributed by atoms with Gasteiger partial charge in [-0.2, -0.15) is 0 Å². The lowest BCUT2D eigenvalue weighted by molar-refractivity contribution is 0.476. The summed E-state index contributed by atoms with van der Waals surface area (Å²) in [5.41, 5.74) is 0.595. The maximum atomic E-state index is 11.9. The van der Waals surface area contributed by atoms with Gasteiger partial charge in [0.25, 0.3) is 0 Å². The zero-order chi connectivity index (χ0) is 6.85. The Hall–Kier alpha value is -0.440. The first-order chi connectivity index (χ1) is 4.24. The van der Waals surface area contributed by atoms with Gasteiger partial charge in [0.05, 0.1) is 10.7 Å². The van der Waals surface area contributed by atoms with E-state index in [9.17, 15) is 4.39 Å². The molecule has 1 nitrogen and oxygen atoms in total. The lowest BCUT2D eigenvalue weighted by atomic mass is 10.4. The van der Waals surface area contributed by atoms with Crippen LogP contribution >= 0.6 is 11.3 Å². The highest BCUT2D eigenvalue weighted by Crippen LogP contribution is 2.16.